The van der Waals surface area contributed by atoms with Crippen LogP contribution in [0.4, 0.5) is 0 Å². The Kier molecular flexibility index (Phi) is 3.09. The zero-order valence-corrected chi connectivity index (χ0v) is 14.2. The summed E-state index contributed by atoms with van der Waals surface area (Å²) >= 11 is 0. The Labute approximate surface area is 134 Å². The molecule has 5 atom stereocenters. The highest BCUT2D eigenvalue weighted by molar-refractivity contribution is 6.01. The minimum atomic E-state index is 0.150. The van der Waals surface area contributed by atoms with Gasteiger partial charge in [0, 0.05) is 5.41 Å². The van der Waals surface area contributed by atoms with Crippen molar-refractivity contribution < 1.29 is 4.79 Å². The zero-order chi connectivity index (χ0) is 15.5. The van der Waals surface area contributed by atoms with E-state index in [0.29, 0.717) is 5.41 Å². The van der Waals surface area contributed by atoms with Gasteiger partial charge in [0.15, 0.2) is 5.78 Å². The minimum absolute atomic E-state index is 0.150. The number of rotatable bonds is 0. The van der Waals surface area contributed by atoms with Crippen molar-refractivity contribution in [3.63, 3.8) is 0 Å². The first-order valence-corrected chi connectivity index (χ1v) is 9.09. The maximum Gasteiger partial charge on any atom is 0.178 e. The van der Waals surface area contributed by atoms with Gasteiger partial charge in [-0.2, -0.15) is 0 Å². The van der Waals surface area contributed by atoms with Crippen LogP contribution < -0.4 is 0 Å². The van der Waals surface area contributed by atoms with Crippen LogP contribution in [-0.2, 0) is 4.79 Å². The molecule has 1 nitrogen and oxygen atoms in total. The number of hydrogen-bond donors (Lipinski definition) is 0. The zero-order valence-electron chi connectivity index (χ0n) is 14.2. The molecule has 3 saturated carbocycles. The van der Waals surface area contributed by atoms with Gasteiger partial charge in [-0.25, -0.2) is 0 Å². The molecule has 0 spiro atoms. The summed E-state index contributed by atoms with van der Waals surface area (Å²) in [5, 5.41) is 0. The fourth-order valence-corrected chi connectivity index (χ4v) is 6.52. The SMILES string of the molecule is CC=C1CCC2C3CCC4=CC(=O)C=C[C@]4(C)C3CC[C@]12C. The second kappa shape index (κ2) is 4.69. The molecule has 0 aromatic carbocycles. The fourth-order valence-electron chi connectivity index (χ4n) is 6.52. The highest BCUT2D eigenvalue weighted by Crippen LogP contribution is 2.65. The molecule has 3 unspecified atom stereocenters. The molecule has 4 rings (SSSR count). The van der Waals surface area contributed by atoms with Gasteiger partial charge >= 0.3 is 0 Å². The van der Waals surface area contributed by atoms with Gasteiger partial charge in [-0.05, 0) is 80.8 Å². The molecule has 0 amide bonds. The third kappa shape index (κ3) is 1.74. The first-order valence-electron chi connectivity index (χ1n) is 9.09. The highest BCUT2D eigenvalue weighted by atomic mass is 16.1. The van der Waals surface area contributed by atoms with E-state index in [2.05, 4.69) is 32.9 Å². The summed E-state index contributed by atoms with van der Waals surface area (Å²) in [4.78, 5) is 11.8. The van der Waals surface area contributed by atoms with Crippen molar-refractivity contribution in [1.82, 2.24) is 0 Å². The lowest BCUT2D eigenvalue weighted by Gasteiger charge is -2.56. The van der Waals surface area contributed by atoms with E-state index in [1.54, 1.807) is 5.57 Å². The molecule has 118 valence electrons. The van der Waals surface area contributed by atoms with E-state index in [1.165, 1.54) is 37.7 Å². The lowest BCUT2D eigenvalue weighted by atomic mass is 9.48. The molecule has 0 aromatic rings. The van der Waals surface area contributed by atoms with Crippen molar-refractivity contribution in [3.8, 4) is 0 Å². The summed E-state index contributed by atoms with van der Waals surface area (Å²) in [5.41, 5.74) is 3.74. The van der Waals surface area contributed by atoms with Crippen LogP contribution in [0.15, 0.2) is 35.5 Å². The van der Waals surface area contributed by atoms with Gasteiger partial charge in [-0.3, -0.25) is 4.79 Å². The normalized spacial score (nSPS) is 48.7. The quantitative estimate of drug-likeness (QED) is 0.559. The first-order chi connectivity index (χ1) is 10.5. The molecule has 0 radical (unpaired) electrons. The van der Waals surface area contributed by atoms with Crippen LogP contribution in [0.2, 0.25) is 0 Å². The predicted octanol–water partition coefficient (Wildman–Crippen LogP) is 5.24. The number of fused-ring (bicyclic) bond motifs is 5. The van der Waals surface area contributed by atoms with Crippen LogP contribution in [0.5, 0.6) is 0 Å². The Balaban J connectivity index is 1.71. The van der Waals surface area contributed by atoms with Crippen LogP contribution in [-0.4, -0.2) is 5.78 Å². The Hall–Kier alpha value is -1.11. The average molecular weight is 296 g/mol. The smallest absolute Gasteiger partial charge is 0.178 e. The highest BCUT2D eigenvalue weighted by Gasteiger charge is 2.56. The third-order valence-electron chi connectivity index (χ3n) is 7.75. The molecule has 1 heteroatoms. The molecule has 4 aliphatic rings. The van der Waals surface area contributed by atoms with Crippen molar-refractivity contribution >= 4 is 5.78 Å². The summed E-state index contributed by atoms with van der Waals surface area (Å²) in [7, 11) is 0. The molecule has 0 saturated heterocycles. The van der Waals surface area contributed by atoms with Gasteiger partial charge in [0.05, 0.1) is 0 Å². The lowest BCUT2D eigenvalue weighted by molar-refractivity contribution is -0.111. The number of hydrogen-bond acceptors (Lipinski definition) is 1. The van der Waals surface area contributed by atoms with Crippen molar-refractivity contribution in [2.75, 3.05) is 0 Å². The van der Waals surface area contributed by atoms with E-state index in [-0.39, 0.29) is 11.2 Å². The van der Waals surface area contributed by atoms with Crippen molar-refractivity contribution in [3.05, 3.63) is 35.5 Å². The molecular formula is C21H28O. The van der Waals surface area contributed by atoms with Gasteiger partial charge in [0.1, 0.15) is 0 Å². The number of carbonyl (C=O) groups is 1. The van der Waals surface area contributed by atoms with Crippen molar-refractivity contribution in [2.24, 2.45) is 28.6 Å². The molecule has 0 heterocycles. The van der Waals surface area contributed by atoms with Gasteiger partial charge in [0.2, 0.25) is 0 Å². The van der Waals surface area contributed by atoms with Gasteiger partial charge < -0.3 is 0 Å². The Bertz CT molecular complexity index is 607. The molecule has 22 heavy (non-hydrogen) atoms. The van der Waals surface area contributed by atoms with E-state index >= 15 is 0 Å². The van der Waals surface area contributed by atoms with Crippen LogP contribution in [0, 0.1) is 28.6 Å². The van der Waals surface area contributed by atoms with E-state index in [4.69, 9.17) is 0 Å². The molecule has 0 bridgehead atoms. The van der Waals surface area contributed by atoms with Gasteiger partial charge in [-0.1, -0.05) is 37.1 Å². The summed E-state index contributed by atoms with van der Waals surface area (Å²) in [6, 6.07) is 0. The molecule has 0 aliphatic heterocycles. The second-order valence-corrected chi connectivity index (χ2v) is 8.41. The number of carbonyl (C=O) groups excluding carboxylic acids is 1. The number of ketones is 1. The van der Waals surface area contributed by atoms with Crippen LogP contribution in [0.1, 0.15) is 59.3 Å². The largest absolute Gasteiger partial charge is 0.290 e. The van der Waals surface area contributed by atoms with E-state index < -0.39 is 0 Å². The predicted molar refractivity (Wildman–Crippen MR) is 90.4 cm³/mol. The minimum Gasteiger partial charge on any atom is -0.290 e. The van der Waals surface area contributed by atoms with E-state index in [0.717, 1.165) is 24.2 Å². The first kappa shape index (κ1) is 14.5. The van der Waals surface area contributed by atoms with Crippen LogP contribution in [0.25, 0.3) is 0 Å². The summed E-state index contributed by atoms with van der Waals surface area (Å²) in [6.07, 6.45) is 16.2. The molecule has 0 aromatic heterocycles. The van der Waals surface area contributed by atoms with Gasteiger partial charge in [-0.15, -0.1) is 0 Å². The standard InChI is InChI=1S/C21H28O/c1-4-14-6-8-18-17-7-5-15-13-16(22)9-11-21(15,3)19(17)10-12-20(14,18)2/h4,9,11,13,17-19H,5-8,10,12H2,1-3H3/t17?,18?,19?,20-,21+/m1/s1. The van der Waals surface area contributed by atoms with E-state index in [1.807, 2.05) is 12.2 Å². The van der Waals surface area contributed by atoms with Crippen LogP contribution in [0.3, 0.4) is 0 Å². The maximum atomic E-state index is 11.8. The van der Waals surface area contributed by atoms with Gasteiger partial charge in [0.25, 0.3) is 0 Å². The molecule has 3 fully saturated rings. The Morgan fingerprint density at radius 3 is 2.73 bits per heavy atom. The molecular weight excluding hydrogens is 268 g/mol. The third-order valence-corrected chi connectivity index (χ3v) is 7.75. The van der Waals surface area contributed by atoms with E-state index in [9.17, 15) is 4.79 Å². The fraction of sp³-hybridized carbons (Fsp3) is 0.667. The Morgan fingerprint density at radius 1 is 1.14 bits per heavy atom. The summed E-state index contributed by atoms with van der Waals surface area (Å²) in [6.45, 7) is 7.16. The number of allylic oxidation sites excluding steroid dienone is 6. The van der Waals surface area contributed by atoms with Crippen molar-refractivity contribution in [2.45, 2.75) is 59.3 Å². The second-order valence-electron chi connectivity index (χ2n) is 8.41. The molecule has 4 aliphatic carbocycles. The maximum absolute atomic E-state index is 11.8. The lowest BCUT2D eigenvalue weighted by Crippen LogP contribution is -2.48. The Morgan fingerprint density at radius 2 is 1.95 bits per heavy atom. The van der Waals surface area contributed by atoms with Crippen LogP contribution >= 0.6 is 0 Å². The van der Waals surface area contributed by atoms with Crippen molar-refractivity contribution in [1.29, 1.82) is 0 Å². The molecule has 0 N–H and O–H groups in total. The summed E-state index contributed by atoms with van der Waals surface area (Å²) < 4.78 is 0. The average Bonchev–Trinajstić information content (AvgIpc) is 2.84. The topological polar surface area (TPSA) is 17.1 Å². The monoisotopic (exact) mass is 296 g/mol. The summed E-state index contributed by atoms with van der Waals surface area (Å²) in [5.74, 6) is 2.65.